The molecule has 0 saturated heterocycles. The van der Waals surface area contributed by atoms with Gasteiger partial charge in [0.25, 0.3) is 5.91 Å². The summed E-state index contributed by atoms with van der Waals surface area (Å²) in [6.07, 6.45) is -3.57. The molecule has 1 aromatic heterocycles. The fourth-order valence-electron chi connectivity index (χ4n) is 2.84. The van der Waals surface area contributed by atoms with Crippen LogP contribution in [0.2, 0.25) is 5.02 Å². The van der Waals surface area contributed by atoms with Gasteiger partial charge in [-0.15, -0.1) is 0 Å². The molecule has 4 N–H and O–H groups in total. The van der Waals surface area contributed by atoms with Crippen LogP contribution >= 0.6 is 11.6 Å². The monoisotopic (exact) mass is 532 g/mol. The Morgan fingerprint density at radius 2 is 1.89 bits per heavy atom. The lowest BCUT2D eigenvalue weighted by molar-refractivity contribution is -0.192. The van der Waals surface area contributed by atoms with Gasteiger partial charge in [0, 0.05) is 24.8 Å². The maximum atomic E-state index is 14.4. The molecule has 0 bridgehead atoms. The number of hydrogen-bond acceptors (Lipinski definition) is 6. The summed E-state index contributed by atoms with van der Waals surface area (Å²) in [7, 11) is 3.08. The predicted molar refractivity (Wildman–Crippen MR) is 123 cm³/mol. The van der Waals surface area contributed by atoms with E-state index in [9.17, 15) is 22.4 Å². The summed E-state index contributed by atoms with van der Waals surface area (Å²) >= 11 is 6.28. The van der Waals surface area contributed by atoms with Gasteiger partial charge in [0.2, 0.25) is 0 Å². The van der Waals surface area contributed by atoms with Crippen molar-refractivity contribution < 1.29 is 41.7 Å². The largest absolute Gasteiger partial charge is 0.494 e. The molecule has 1 amide bonds. The predicted octanol–water partition coefficient (Wildman–Crippen LogP) is 4.11. The van der Waals surface area contributed by atoms with Gasteiger partial charge in [0.15, 0.2) is 11.6 Å². The van der Waals surface area contributed by atoms with Crippen LogP contribution in [0.25, 0.3) is 11.3 Å². The highest BCUT2D eigenvalue weighted by Gasteiger charge is 2.38. The van der Waals surface area contributed by atoms with E-state index in [0.29, 0.717) is 40.9 Å². The summed E-state index contributed by atoms with van der Waals surface area (Å²) in [5.74, 6) is -3.58. The molecular formula is C22H21ClF4N4O5. The maximum Gasteiger partial charge on any atom is 0.490 e. The fraction of sp³-hybridized carbons (Fsp3) is 0.227. The van der Waals surface area contributed by atoms with E-state index in [1.165, 1.54) is 25.4 Å². The molecule has 0 aliphatic carbocycles. The number of carbonyl (C=O) groups excluding carboxylic acids is 1. The number of halogens is 5. The van der Waals surface area contributed by atoms with Crippen LogP contribution in [-0.4, -0.2) is 53.2 Å². The van der Waals surface area contributed by atoms with Crippen molar-refractivity contribution in [3.05, 3.63) is 59.0 Å². The minimum atomic E-state index is -5.08. The number of rotatable bonds is 7. The smallest absolute Gasteiger partial charge is 0.490 e. The van der Waals surface area contributed by atoms with Crippen LogP contribution in [0.4, 0.5) is 23.2 Å². The summed E-state index contributed by atoms with van der Waals surface area (Å²) in [5.41, 5.74) is 7.07. The normalized spacial score (nSPS) is 10.8. The van der Waals surface area contributed by atoms with Gasteiger partial charge in [-0.25, -0.2) is 9.18 Å². The van der Waals surface area contributed by atoms with E-state index < -0.39 is 23.9 Å². The zero-order chi connectivity index (χ0) is 27.0. The minimum absolute atomic E-state index is 0.00876. The molecule has 1 heterocycles. The van der Waals surface area contributed by atoms with Gasteiger partial charge in [0.05, 0.1) is 29.6 Å². The topological polar surface area (TPSA) is 129 Å². The van der Waals surface area contributed by atoms with Gasteiger partial charge in [-0.3, -0.25) is 9.48 Å². The Kier molecular flexibility index (Phi) is 9.64. The van der Waals surface area contributed by atoms with Crippen molar-refractivity contribution in [3.8, 4) is 22.8 Å². The number of nitrogens with two attached hydrogens (primary N) is 1. The molecule has 3 rings (SSSR count). The van der Waals surface area contributed by atoms with E-state index in [1.807, 2.05) is 0 Å². The molecule has 0 saturated carbocycles. The van der Waals surface area contributed by atoms with Crippen molar-refractivity contribution in [2.75, 3.05) is 25.6 Å². The first-order valence-corrected chi connectivity index (χ1v) is 10.4. The number of ether oxygens (including phenoxy) is 2. The number of amides is 1. The van der Waals surface area contributed by atoms with E-state index in [2.05, 4.69) is 10.4 Å². The Morgan fingerprint density at radius 1 is 1.22 bits per heavy atom. The van der Waals surface area contributed by atoms with Crippen LogP contribution in [-0.2, 0) is 11.8 Å². The van der Waals surface area contributed by atoms with Crippen molar-refractivity contribution in [1.29, 1.82) is 0 Å². The third kappa shape index (κ3) is 7.09. The number of hydrogen-bond donors (Lipinski definition) is 3. The molecular weight excluding hydrogens is 512 g/mol. The van der Waals surface area contributed by atoms with Gasteiger partial charge >= 0.3 is 12.1 Å². The molecule has 9 nitrogen and oxygen atoms in total. The van der Waals surface area contributed by atoms with Crippen molar-refractivity contribution in [1.82, 2.24) is 9.78 Å². The van der Waals surface area contributed by atoms with E-state index in [0.717, 1.165) is 0 Å². The number of carboxylic acid groups (broad SMARTS) is 1. The summed E-state index contributed by atoms with van der Waals surface area (Å²) in [6, 6.07) is 9.39. The Labute approximate surface area is 207 Å². The van der Waals surface area contributed by atoms with Crippen molar-refractivity contribution >= 4 is 29.2 Å². The van der Waals surface area contributed by atoms with E-state index in [1.54, 1.807) is 36.0 Å². The van der Waals surface area contributed by atoms with E-state index in [4.69, 9.17) is 36.7 Å². The van der Waals surface area contributed by atoms with Crippen molar-refractivity contribution in [2.45, 2.75) is 6.18 Å². The zero-order valence-electron chi connectivity index (χ0n) is 18.9. The van der Waals surface area contributed by atoms with Crippen LogP contribution in [0, 0.1) is 5.82 Å². The fourth-order valence-corrected chi connectivity index (χ4v) is 3.11. The molecule has 194 valence electrons. The number of alkyl halides is 3. The zero-order valence-corrected chi connectivity index (χ0v) is 19.7. The number of aromatic nitrogens is 2. The summed E-state index contributed by atoms with van der Waals surface area (Å²) in [6.45, 7) is 0.648. The van der Waals surface area contributed by atoms with Crippen LogP contribution in [0.1, 0.15) is 10.4 Å². The molecule has 0 fully saturated rings. The van der Waals surface area contributed by atoms with Crippen LogP contribution in [0.15, 0.2) is 42.6 Å². The first kappa shape index (κ1) is 28.4. The Hall–Kier alpha value is -3.84. The highest BCUT2D eigenvalue weighted by molar-refractivity contribution is 6.33. The van der Waals surface area contributed by atoms with E-state index >= 15 is 0 Å². The molecule has 36 heavy (non-hydrogen) atoms. The van der Waals surface area contributed by atoms with Crippen LogP contribution < -0.4 is 20.5 Å². The quantitative estimate of drug-likeness (QED) is 0.391. The second-order valence-electron chi connectivity index (χ2n) is 6.89. The maximum absolute atomic E-state index is 14.4. The Balaban J connectivity index is 0.000000572. The molecule has 0 atom stereocenters. The number of benzene rings is 2. The summed E-state index contributed by atoms with van der Waals surface area (Å²) < 4.78 is 58.4. The Bertz CT molecular complexity index is 1210. The molecule has 3 aromatic rings. The lowest BCUT2D eigenvalue weighted by atomic mass is 10.1. The highest BCUT2D eigenvalue weighted by Crippen LogP contribution is 2.36. The number of anilines is 1. The lowest BCUT2D eigenvalue weighted by Crippen LogP contribution is -2.21. The summed E-state index contributed by atoms with van der Waals surface area (Å²) in [4.78, 5) is 21.5. The third-order valence-corrected chi connectivity index (χ3v) is 4.71. The number of carbonyl (C=O) groups is 2. The number of nitrogens with zero attached hydrogens (tertiary/aromatic N) is 2. The van der Waals surface area contributed by atoms with Gasteiger partial charge in [0.1, 0.15) is 12.4 Å². The van der Waals surface area contributed by atoms with Crippen molar-refractivity contribution in [3.63, 3.8) is 0 Å². The standard InChI is InChI=1S/C20H20ClFN4O3.C2HF3O2/c1-26-19(15(21)11-24-26)14-10-12(6-7-16(14)29-9-8-23)25-20(27)13-4-3-5-17(28-2)18(13)22;3-2(4,5)1(6)7/h3-7,10-11H,8-9,23H2,1-2H3,(H,25,27);(H,6,7). The van der Waals surface area contributed by atoms with Gasteiger partial charge in [-0.05, 0) is 30.3 Å². The summed E-state index contributed by atoms with van der Waals surface area (Å²) in [5, 5.41) is 14.4. The van der Waals surface area contributed by atoms with Crippen LogP contribution in [0.5, 0.6) is 11.5 Å². The van der Waals surface area contributed by atoms with Gasteiger partial charge < -0.3 is 25.6 Å². The SMILES string of the molecule is COc1cccc(C(=O)Nc2ccc(OCCN)c(-c3c(Cl)cnn3C)c2)c1F.O=C(O)C(F)(F)F. The number of aryl methyl sites for hydroxylation is 1. The third-order valence-electron chi connectivity index (χ3n) is 4.43. The number of methoxy groups -OCH3 is 1. The molecule has 14 heteroatoms. The molecule has 0 radical (unpaired) electrons. The molecule has 0 aliphatic heterocycles. The van der Waals surface area contributed by atoms with Crippen LogP contribution in [0.3, 0.4) is 0 Å². The number of carboxylic acids is 1. The highest BCUT2D eigenvalue weighted by atomic mass is 35.5. The average Bonchev–Trinajstić information content (AvgIpc) is 3.15. The molecule has 0 aliphatic rings. The van der Waals surface area contributed by atoms with Gasteiger partial charge in [-0.1, -0.05) is 17.7 Å². The number of aliphatic carboxylic acids is 1. The molecule has 0 unspecified atom stereocenters. The second kappa shape index (κ2) is 12.2. The van der Waals surface area contributed by atoms with Gasteiger partial charge in [-0.2, -0.15) is 18.3 Å². The first-order valence-electron chi connectivity index (χ1n) is 9.99. The van der Waals surface area contributed by atoms with E-state index in [-0.39, 0.29) is 11.3 Å². The average molecular weight is 533 g/mol. The molecule has 0 spiro atoms. The lowest BCUT2D eigenvalue weighted by Gasteiger charge is -2.14. The minimum Gasteiger partial charge on any atom is -0.494 e. The number of nitrogens with one attached hydrogen (secondary N) is 1. The van der Waals surface area contributed by atoms with Crippen molar-refractivity contribution in [2.24, 2.45) is 12.8 Å². The Morgan fingerprint density at radius 3 is 2.42 bits per heavy atom. The first-order chi connectivity index (χ1) is 16.9. The molecule has 2 aromatic carbocycles. The second-order valence-corrected chi connectivity index (χ2v) is 7.30.